The van der Waals surface area contributed by atoms with Crippen LogP contribution < -0.4 is 5.32 Å². The Kier molecular flexibility index (Phi) is 6.75. The summed E-state index contributed by atoms with van der Waals surface area (Å²) in [6.07, 6.45) is 0.253. The molecule has 0 aliphatic heterocycles. The lowest BCUT2D eigenvalue weighted by Crippen LogP contribution is -2.30. The average molecular weight is 339 g/mol. The summed E-state index contributed by atoms with van der Waals surface area (Å²) in [6, 6.07) is 17.4. The van der Waals surface area contributed by atoms with Crippen molar-refractivity contribution in [2.75, 3.05) is 5.32 Å². The minimum absolute atomic E-state index is 0.329. The van der Waals surface area contributed by atoms with Gasteiger partial charge in [-0.05, 0) is 30.9 Å². The van der Waals surface area contributed by atoms with Crippen LogP contribution in [0.25, 0.3) is 11.1 Å². The van der Waals surface area contributed by atoms with E-state index in [-0.39, 0.29) is 11.9 Å². The molecule has 4 nitrogen and oxygen atoms in total. The van der Waals surface area contributed by atoms with Crippen LogP contribution in [0.2, 0.25) is 0 Å². The Morgan fingerprint density at radius 2 is 1.60 bits per heavy atom. The molecule has 0 aliphatic carbocycles. The zero-order valence-corrected chi connectivity index (χ0v) is 15.0. The minimum Gasteiger partial charge on any atom is -0.453 e. The number of para-hydroxylation sites is 1. The number of benzene rings is 2. The van der Waals surface area contributed by atoms with Crippen LogP contribution in [-0.4, -0.2) is 18.0 Å². The first-order valence-electron chi connectivity index (χ1n) is 8.62. The van der Waals surface area contributed by atoms with Crippen molar-refractivity contribution in [1.29, 1.82) is 0 Å². The molecule has 0 heterocycles. The lowest BCUT2D eigenvalue weighted by molar-refractivity contribution is -0.153. The second-order valence-corrected chi connectivity index (χ2v) is 6.47. The SMILES string of the molecule is CC(C)CCC(=O)O[C@@H](C)C(=O)Nc1ccccc1-c1ccccc1. The third kappa shape index (κ3) is 5.75. The first-order valence-corrected chi connectivity index (χ1v) is 8.62. The van der Waals surface area contributed by atoms with E-state index in [4.69, 9.17) is 4.74 Å². The first kappa shape index (κ1) is 18.7. The van der Waals surface area contributed by atoms with Gasteiger partial charge in [-0.15, -0.1) is 0 Å². The van der Waals surface area contributed by atoms with Crippen molar-refractivity contribution in [2.24, 2.45) is 5.92 Å². The molecule has 25 heavy (non-hydrogen) atoms. The molecule has 132 valence electrons. The number of amides is 1. The number of nitrogens with one attached hydrogen (secondary N) is 1. The molecule has 2 rings (SSSR count). The number of hydrogen-bond donors (Lipinski definition) is 1. The second kappa shape index (κ2) is 9.02. The number of anilines is 1. The fraction of sp³-hybridized carbons (Fsp3) is 0.333. The van der Waals surface area contributed by atoms with Gasteiger partial charge in [-0.25, -0.2) is 0 Å². The zero-order chi connectivity index (χ0) is 18.2. The molecule has 1 N–H and O–H groups in total. The maximum atomic E-state index is 12.4. The number of hydrogen-bond acceptors (Lipinski definition) is 3. The van der Waals surface area contributed by atoms with E-state index in [1.807, 2.05) is 68.4 Å². The molecular weight excluding hydrogens is 314 g/mol. The Morgan fingerprint density at radius 1 is 0.960 bits per heavy atom. The fourth-order valence-corrected chi connectivity index (χ4v) is 2.41. The topological polar surface area (TPSA) is 55.4 Å². The molecule has 0 radical (unpaired) electrons. The van der Waals surface area contributed by atoms with Gasteiger partial charge in [-0.2, -0.15) is 0 Å². The molecule has 0 spiro atoms. The molecule has 0 saturated carbocycles. The molecule has 2 aromatic carbocycles. The summed E-state index contributed by atoms with van der Waals surface area (Å²) in [4.78, 5) is 24.2. The highest BCUT2D eigenvalue weighted by Crippen LogP contribution is 2.27. The molecular formula is C21H25NO3. The summed E-state index contributed by atoms with van der Waals surface area (Å²) in [7, 11) is 0. The number of rotatable bonds is 7. The molecule has 0 saturated heterocycles. The van der Waals surface area contributed by atoms with Crippen molar-refractivity contribution >= 4 is 17.6 Å². The van der Waals surface area contributed by atoms with Crippen molar-refractivity contribution in [3.8, 4) is 11.1 Å². The van der Waals surface area contributed by atoms with Crippen molar-refractivity contribution in [3.05, 3.63) is 54.6 Å². The highest BCUT2D eigenvalue weighted by molar-refractivity contribution is 5.98. The van der Waals surface area contributed by atoms with Gasteiger partial charge in [-0.3, -0.25) is 9.59 Å². The number of esters is 1. The second-order valence-electron chi connectivity index (χ2n) is 6.47. The van der Waals surface area contributed by atoms with Crippen LogP contribution in [0, 0.1) is 5.92 Å². The smallest absolute Gasteiger partial charge is 0.306 e. The van der Waals surface area contributed by atoms with Gasteiger partial charge in [0, 0.05) is 17.7 Å². The summed E-state index contributed by atoms with van der Waals surface area (Å²) in [5, 5.41) is 2.86. The highest BCUT2D eigenvalue weighted by Gasteiger charge is 2.19. The first-order chi connectivity index (χ1) is 12.0. The maximum Gasteiger partial charge on any atom is 0.306 e. The van der Waals surface area contributed by atoms with E-state index in [1.165, 1.54) is 0 Å². The van der Waals surface area contributed by atoms with Gasteiger partial charge in [0.25, 0.3) is 5.91 Å². The quantitative estimate of drug-likeness (QED) is 0.746. The van der Waals surface area contributed by atoms with Gasteiger partial charge in [0.05, 0.1) is 0 Å². The monoisotopic (exact) mass is 339 g/mol. The van der Waals surface area contributed by atoms with Crippen molar-refractivity contribution in [2.45, 2.75) is 39.7 Å². The van der Waals surface area contributed by atoms with Crippen LogP contribution >= 0.6 is 0 Å². The minimum atomic E-state index is -0.830. The lowest BCUT2D eigenvalue weighted by atomic mass is 10.0. The number of carbonyl (C=O) groups is 2. The summed E-state index contributed by atoms with van der Waals surface area (Å²) >= 11 is 0. The lowest BCUT2D eigenvalue weighted by Gasteiger charge is -2.16. The predicted octanol–water partition coefficient (Wildman–Crippen LogP) is 4.66. The van der Waals surface area contributed by atoms with E-state index in [2.05, 4.69) is 5.32 Å². The van der Waals surface area contributed by atoms with Crippen LogP contribution in [0.5, 0.6) is 0 Å². The van der Waals surface area contributed by atoms with Gasteiger partial charge < -0.3 is 10.1 Å². The van der Waals surface area contributed by atoms with Crippen molar-refractivity contribution in [3.63, 3.8) is 0 Å². The van der Waals surface area contributed by atoms with Crippen LogP contribution in [-0.2, 0) is 14.3 Å². The Hall–Kier alpha value is -2.62. The maximum absolute atomic E-state index is 12.4. The standard InChI is InChI=1S/C21H25NO3/c1-15(2)13-14-20(23)25-16(3)21(24)22-19-12-8-7-11-18(19)17-9-5-4-6-10-17/h4-12,15-16H,13-14H2,1-3H3,(H,22,24)/t16-/m0/s1. The summed E-state index contributed by atoms with van der Waals surface area (Å²) in [6.45, 7) is 5.68. The van der Waals surface area contributed by atoms with Gasteiger partial charge >= 0.3 is 5.97 Å². The summed E-state index contributed by atoms with van der Waals surface area (Å²) in [5.41, 5.74) is 2.64. The highest BCUT2D eigenvalue weighted by atomic mass is 16.5. The van der Waals surface area contributed by atoms with Gasteiger partial charge in [0.1, 0.15) is 0 Å². The molecule has 4 heteroatoms. The Bertz CT molecular complexity index is 710. The van der Waals surface area contributed by atoms with E-state index in [0.717, 1.165) is 17.5 Å². The third-order valence-corrected chi connectivity index (χ3v) is 3.87. The van der Waals surface area contributed by atoms with E-state index in [0.29, 0.717) is 18.0 Å². The summed E-state index contributed by atoms with van der Waals surface area (Å²) in [5.74, 6) is -0.247. The molecule has 0 fully saturated rings. The van der Waals surface area contributed by atoms with E-state index < -0.39 is 6.10 Å². The normalized spacial score (nSPS) is 11.8. The van der Waals surface area contributed by atoms with Crippen LogP contribution in [0.3, 0.4) is 0 Å². The molecule has 1 amide bonds. The van der Waals surface area contributed by atoms with Crippen LogP contribution in [0.4, 0.5) is 5.69 Å². The molecule has 0 bridgehead atoms. The fourth-order valence-electron chi connectivity index (χ4n) is 2.41. The Balaban J connectivity index is 2.02. The third-order valence-electron chi connectivity index (χ3n) is 3.87. The number of carbonyl (C=O) groups excluding carboxylic acids is 2. The van der Waals surface area contributed by atoms with E-state index >= 15 is 0 Å². The number of ether oxygens (including phenoxy) is 1. The van der Waals surface area contributed by atoms with E-state index in [1.54, 1.807) is 6.92 Å². The average Bonchev–Trinajstić information content (AvgIpc) is 2.61. The molecule has 0 aliphatic rings. The molecule has 0 unspecified atom stereocenters. The van der Waals surface area contributed by atoms with Crippen molar-refractivity contribution < 1.29 is 14.3 Å². The predicted molar refractivity (Wildman–Crippen MR) is 100 cm³/mol. The Labute approximate surface area is 149 Å². The Morgan fingerprint density at radius 3 is 2.28 bits per heavy atom. The largest absolute Gasteiger partial charge is 0.453 e. The van der Waals surface area contributed by atoms with Gasteiger partial charge in [-0.1, -0.05) is 62.4 Å². The van der Waals surface area contributed by atoms with Crippen LogP contribution in [0.15, 0.2) is 54.6 Å². The molecule has 1 atom stereocenters. The zero-order valence-electron chi connectivity index (χ0n) is 15.0. The van der Waals surface area contributed by atoms with Crippen LogP contribution in [0.1, 0.15) is 33.6 Å². The van der Waals surface area contributed by atoms with Gasteiger partial charge in [0.2, 0.25) is 0 Å². The van der Waals surface area contributed by atoms with Gasteiger partial charge in [0.15, 0.2) is 6.10 Å². The summed E-state index contributed by atoms with van der Waals surface area (Å²) < 4.78 is 5.23. The van der Waals surface area contributed by atoms with Crippen molar-refractivity contribution in [1.82, 2.24) is 0 Å². The molecule has 0 aromatic heterocycles. The van der Waals surface area contributed by atoms with E-state index in [9.17, 15) is 9.59 Å². The molecule has 2 aromatic rings.